The van der Waals surface area contributed by atoms with Crippen LogP contribution in [0.1, 0.15) is 28.8 Å². The van der Waals surface area contributed by atoms with E-state index in [1.807, 2.05) is 25.1 Å². The molecule has 26 heavy (non-hydrogen) atoms. The van der Waals surface area contributed by atoms with Crippen molar-refractivity contribution in [2.75, 3.05) is 5.32 Å². The second-order valence-electron chi connectivity index (χ2n) is 6.71. The second-order valence-corrected chi connectivity index (χ2v) is 7.91. The van der Waals surface area contributed by atoms with Crippen molar-refractivity contribution in [1.29, 1.82) is 0 Å². The molecule has 0 bridgehead atoms. The first-order valence-electron chi connectivity index (χ1n) is 8.60. The first-order chi connectivity index (χ1) is 12.4. The number of nitrogens with one attached hydrogen (secondary N) is 1. The van der Waals surface area contributed by atoms with E-state index in [1.165, 1.54) is 22.5 Å². The quantitative estimate of drug-likeness (QED) is 0.785. The third-order valence-corrected chi connectivity index (χ3v) is 5.78. The molecule has 2 N–H and O–H groups in total. The van der Waals surface area contributed by atoms with E-state index in [2.05, 4.69) is 36.3 Å². The summed E-state index contributed by atoms with van der Waals surface area (Å²) in [6, 6.07) is 6.19. The van der Waals surface area contributed by atoms with Crippen molar-refractivity contribution < 1.29 is 14.7 Å². The van der Waals surface area contributed by atoms with Crippen LogP contribution in [0.5, 0.6) is 0 Å². The lowest BCUT2D eigenvalue weighted by Gasteiger charge is -2.23. The number of nitrogens with zero attached hydrogens (tertiary/aromatic N) is 1. The molecule has 2 aromatic rings. The molecular formula is C20H22N2O3S. The van der Waals surface area contributed by atoms with Gasteiger partial charge in [0, 0.05) is 10.4 Å². The van der Waals surface area contributed by atoms with Crippen LogP contribution >= 0.6 is 11.3 Å². The van der Waals surface area contributed by atoms with E-state index < -0.39 is 17.8 Å². The molecule has 1 aromatic carbocycles. The van der Waals surface area contributed by atoms with Gasteiger partial charge in [0.2, 0.25) is 5.91 Å². The average molecular weight is 370 g/mol. The number of carbonyl (C=O) groups is 2. The van der Waals surface area contributed by atoms with Crippen molar-refractivity contribution in [2.45, 2.75) is 33.6 Å². The first kappa shape index (κ1) is 18.3. The van der Waals surface area contributed by atoms with Crippen molar-refractivity contribution >= 4 is 28.3 Å². The Morgan fingerprint density at radius 2 is 1.81 bits per heavy atom. The molecule has 1 heterocycles. The molecule has 1 amide bonds. The molecule has 0 unspecified atom stereocenters. The number of rotatable bonds is 4. The van der Waals surface area contributed by atoms with Gasteiger partial charge in [0.1, 0.15) is 0 Å². The number of thiazole rings is 1. The predicted octanol–water partition coefficient (Wildman–Crippen LogP) is 4.34. The summed E-state index contributed by atoms with van der Waals surface area (Å²) in [5.74, 6) is -2.45. The Balaban J connectivity index is 1.80. The van der Waals surface area contributed by atoms with Gasteiger partial charge in [-0.2, -0.15) is 0 Å². The molecule has 3 rings (SSSR count). The highest BCUT2D eigenvalue weighted by Crippen LogP contribution is 2.33. The minimum Gasteiger partial charge on any atom is -0.481 e. The van der Waals surface area contributed by atoms with Crippen LogP contribution < -0.4 is 5.32 Å². The molecule has 0 radical (unpaired) electrons. The Labute approximate surface area is 156 Å². The Morgan fingerprint density at radius 1 is 1.12 bits per heavy atom. The van der Waals surface area contributed by atoms with Gasteiger partial charge in [-0.3, -0.25) is 9.59 Å². The Bertz CT molecular complexity index is 885. The largest absolute Gasteiger partial charge is 0.481 e. The number of allylic oxidation sites excluding steroid dienone is 2. The Hall–Kier alpha value is -2.47. The number of aliphatic carboxylic acids is 1. The van der Waals surface area contributed by atoms with Gasteiger partial charge in [0.25, 0.3) is 0 Å². The molecule has 0 spiro atoms. The third kappa shape index (κ3) is 3.70. The zero-order chi connectivity index (χ0) is 18.8. The normalized spacial score (nSPS) is 19.3. The fourth-order valence-corrected chi connectivity index (χ4v) is 4.02. The van der Waals surface area contributed by atoms with Gasteiger partial charge in [-0.1, -0.05) is 24.3 Å². The van der Waals surface area contributed by atoms with Crippen LogP contribution in [0.15, 0.2) is 30.4 Å². The number of carboxylic acids is 1. The lowest BCUT2D eigenvalue weighted by Crippen LogP contribution is -2.34. The van der Waals surface area contributed by atoms with Crippen LogP contribution in [-0.2, 0) is 9.59 Å². The predicted molar refractivity (Wildman–Crippen MR) is 103 cm³/mol. The number of amides is 1. The number of hydrogen-bond donors (Lipinski definition) is 2. The Kier molecular flexibility index (Phi) is 5.23. The van der Waals surface area contributed by atoms with Crippen molar-refractivity contribution in [2.24, 2.45) is 11.8 Å². The number of carbonyl (C=O) groups excluding carboxylic acids is 1. The molecule has 136 valence electrons. The van der Waals surface area contributed by atoms with E-state index in [0.717, 1.165) is 16.1 Å². The number of hydrogen-bond acceptors (Lipinski definition) is 4. The molecule has 0 saturated heterocycles. The number of aryl methyl sites for hydroxylation is 3. The molecule has 0 aliphatic heterocycles. The summed E-state index contributed by atoms with van der Waals surface area (Å²) in [4.78, 5) is 29.6. The summed E-state index contributed by atoms with van der Waals surface area (Å²) in [6.45, 7) is 6.10. The van der Waals surface area contributed by atoms with Gasteiger partial charge in [0.15, 0.2) is 5.13 Å². The number of carboxylic acid groups (broad SMARTS) is 1. The maximum absolute atomic E-state index is 12.6. The second kappa shape index (κ2) is 7.41. The van der Waals surface area contributed by atoms with Crippen molar-refractivity contribution in [3.63, 3.8) is 0 Å². The SMILES string of the molecule is Cc1ccc(-c2nc(NC(=O)[C@@H]3CC=CC[C@H]3C(=O)O)sc2C)cc1C. The summed E-state index contributed by atoms with van der Waals surface area (Å²) in [7, 11) is 0. The smallest absolute Gasteiger partial charge is 0.307 e. The topological polar surface area (TPSA) is 79.3 Å². The molecule has 6 heteroatoms. The zero-order valence-electron chi connectivity index (χ0n) is 15.1. The van der Waals surface area contributed by atoms with Gasteiger partial charge in [0.05, 0.1) is 17.5 Å². The summed E-state index contributed by atoms with van der Waals surface area (Å²) >= 11 is 1.41. The lowest BCUT2D eigenvalue weighted by molar-refractivity contribution is -0.146. The molecule has 0 fully saturated rings. The molecule has 2 atom stereocenters. The Morgan fingerprint density at radius 3 is 2.46 bits per heavy atom. The van der Waals surface area contributed by atoms with E-state index in [1.54, 1.807) is 0 Å². The maximum Gasteiger partial charge on any atom is 0.307 e. The summed E-state index contributed by atoms with van der Waals surface area (Å²) < 4.78 is 0. The van der Waals surface area contributed by atoms with Gasteiger partial charge >= 0.3 is 5.97 Å². The number of aromatic nitrogens is 1. The van der Waals surface area contributed by atoms with Gasteiger partial charge in [-0.05, 0) is 50.8 Å². The minimum absolute atomic E-state index is 0.276. The lowest BCUT2D eigenvalue weighted by atomic mass is 9.82. The summed E-state index contributed by atoms with van der Waals surface area (Å²) in [5.41, 5.74) is 4.29. The molecular weight excluding hydrogens is 348 g/mol. The van der Waals surface area contributed by atoms with Gasteiger partial charge < -0.3 is 10.4 Å². The molecule has 0 saturated carbocycles. The molecule has 1 aliphatic carbocycles. The first-order valence-corrected chi connectivity index (χ1v) is 9.42. The van der Waals surface area contributed by atoms with Crippen LogP contribution in [0.25, 0.3) is 11.3 Å². The summed E-state index contributed by atoms with van der Waals surface area (Å²) in [5, 5.41) is 12.7. The van der Waals surface area contributed by atoms with Crippen LogP contribution in [-0.4, -0.2) is 22.0 Å². The highest BCUT2D eigenvalue weighted by molar-refractivity contribution is 7.16. The zero-order valence-corrected chi connectivity index (χ0v) is 15.9. The van der Waals surface area contributed by atoms with Crippen LogP contribution in [0.2, 0.25) is 0 Å². The maximum atomic E-state index is 12.6. The van der Waals surface area contributed by atoms with E-state index >= 15 is 0 Å². The van der Waals surface area contributed by atoms with Gasteiger partial charge in [-0.25, -0.2) is 4.98 Å². The van der Waals surface area contributed by atoms with Crippen LogP contribution in [0.4, 0.5) is 5.13 Å². The third-order valence-electron chi connectivity index (χ3n) is 4.89. The van der Waals surface area contributed by atoms with Crippen LogP contribution in [0.3, 0.4) is 0 Å². The van der Waals surface area contributed by atoms with E-state index in [4.69, 9.17) is 0 Å². The van der Waals surface area contributed by atoms with Crippen LogP contribution in [0, 0.1) is 32.6 Å². The highest BCUT2D eigenvalue weighted by atomic mass is 32.1. The fraction of sp³-hybridized carbons (Fsp3) is 0.350. The minimum atomic E-state index is -0.930. The molecule has 5 nitrogen and oxygen atoms in total. The monoisotopic (exact) mass is 370 g/mol. The standard InChI is InChI=1S/C20H22N2O3S/c1-11-8-9-14(10-12(11)2)17-13(3)26-20(21-17)22-18(23)15-6-4-5-7-16(15)19(24)25/h4-5,8-10,15-16H,6-7H2,1-3H3,(H,24,25)(H,21,22,23)/t15-,16-/m1/s1. The number of benzene rings is 1. The number of anilines is 1. The van der Waals surface area contributed by atoms with E-state index in [9.17, 15) is 14.7 Å². The summed E-state index contributed by atoms with van der Waals surface area (Å²) in [6.07, 6.45) is 4.53. The van der Waals surface area contributed by atoms with Gasteiger partial charge in [-0.15, -0.1) is 11.3 Å². The van der Waals surface area contributed by atoms with Crippen molar-refractivity contribution in [3.05, 3.63) is 46.4 Å². The fourth-order valence-electron chi connectivity index (χ4n) is 3.18. The van der Waals surface area contributed by atoms with Crippen molar-refractivity contribution in [3.8, 4) is 11.3 Å². The molecule has 1 aliphatic rings. The van der Waals surface area contributed by atoms with Crippen molar-refractivity contribution in [1.82, 2.24) is 4.98 Å². The average Bonchev–Trinajstić information content (AvgIpc) is 2.97. The highest BCUT2D eigenvalue weighted by Gasteiger charge is 2.34. The molecule has 1 aromatic heterocycles. The van der Waals surface area contributed by atoms with E-state index in [-0.39, 0.29) is 5.91 Å². The van der Waals surface area contributed by atoms with E-state index in [0.29, 0.717) is 18.0 Å².